The molecule has 2 amide bonds. The molecule has 3 rings (SSSR count). The zero-order chi connectivity index (χ0) is 22.7. The second-order valence-electron chi connectivity index (χ2n) is 7.40. The third-order valence-corrected chi connectivity index (χ3v) is 6.23. The molecule has 0 N–H and O–H groups in total. The highest BCUT2D eigenvalue weighted by atomic mass is 35.5. The van der Waals surface area contributed by atoms with Gasteiger partial charge in [0.05, 0.1) is 28.6 Å². The highest BCUT2D eigenvalue weighted by Gasteiger charge is 2.35. The number of hydrogen-bond acceptors (Lipinski definition) is 5. The first kappa shape index (κ1) is 23.5. The fourth-order valence-electron chi connectivity index (χ4n) is 3.19. The molecule has 1 aliphatic rings. The standard InChI is InChI=1S/C23H23Cl2NO4S/c1-13(2)16-6-5-14(3)9-19(16)30-8-7-26-22(27)20(31-23(26)28)12-15-10-17(24)21(29-4)18(25)11-15/h5-6,9-13H,7-8H2,1-4H3/b20-12-. The molecule has 2 aromatic rings. The van der Waals surface area contributed by atoms with Gasteiger partial charge in [0.1, 0.15) is 12.4 Å². The van der Waals surface area contributed by atoms with E-state index in [1.165, 1.54) is 12.0 Å². The molecule has 1 fully saturated rings. The molecule has 2 aromatic carbocycles. The van der Waals surface area contributed by atoms with Crippen molar-refractivity contribution in [2.45, 2.75) is 26.7 Å². The number of ether oxygens (including phenoxy) is 2. The number of imide groups is 1. The van der Waals surface area contributed by atoms with E-state index in [4.69, 9.17) is 32.7 Å². The largest absolute Gasteiger partial charge is 0.494 e. The van der Waals surface area contributed by atoms with Crippen molar-refractivity contribution in [2.75, 3.05) is 20.3 Å². The molecule has 31 heavy (non-hydrogen) atoms. The fourth-order valence-corrected chi connectivity index (χ4v) is 4.72. The van der Waals surface area contributed by atoms with Gasteiger partial charge in [-0.2, -0.15) is 0 Å². The average molecular weight is 480 g/mol. The minimum Gasteiger partial charge on any atom is -0.494 e. The van der Waals surface area contributed by atoms with Crippen LogP contribution in [0.15, 0.2) is 35.2 Å². The Morgan fingerprint density at radius 1 is 1.13 bits per heavy atom. The Labute approximate surface area is 196 Å². The lowest BCUT2D eigenvalue weighted by molar-refractivity contribution is -0.123. The van der Waals surface area contributed by atoms with E-state index in [0.717, 1.165) is 28.6 Å². The quantitative estimate of drug-likeness (QED) is 0.421. The third kappa shape index (κ3) is 5.37. The smallest absolute Gasteiger partial charge is 0.293 e. The van der Waals surface area contributed by atoms with Crippen LogP contribution in [0.5, 0.6) is 11.5 Å². The first-order valence-electron chi connectivity index (χ1n) is 9.73. The summed E-state index contributed by atoms with van der Waals surface area (Å²) in [7, 11) is 1.47. The van der Waals surface area contributed by atoms with E-state index in [2.05, 4.69) is 13.8 Å². The van der Waals surface area contributed by atoms with Crippen LogP contribution in [0.2, 0.25) is 10.0 Å². The van der Waals surface area contributed by atoms with E-state index >= 15 is 0 Å². The SMILES string of the molecule is COc1c(Cl)cc(/C=C2\SC(=O)N(CCOc3cc(C)ccc3C(C)C)C2=O)cc1Cl. The second kappa shape index (κ2) is 9.98. The van der Waals surface area contributed by atoms with Crippen molar-refractivity contribution in [3.8, 4) is 11.5 Å². The summed E-state index contributed by atoms with van der Waals surface area (Å²) in [5.41, 5.74) is 2.79. The van der Waals surface area contributed by atoms with E-state index in [-0.39, 0.29) is 24.3 Å². The summed E-state index contributed by atoms with van der Waals surface area (Å²) in [4.78, 5) is 26.6. The van der Waals surface area contributed by atoms with Crippen molar-refractivity contribution in [2.24, 2.45) is 0 Å². The molecule has 0 spiro atoms. The van der Waals surface area contributed by atoms with E-state index in [1.54, 1.807) is 18.2 Å². The van der Waals surface area contributed by atoms with Crippen LogP contribution in [0, 0.1) is 6.92 Å². The highest BCUT2D eigenvalue weighted by molar-refractivity contribution is 8.18. The summed E-state index contributed by atoms with van der Waals surface area (Å²) in [5, 5.41) is 0.319. The van der Waals surface area contributed by atoms with Gasteiger partial charge in [-0.05, 0) is 65.6 Å². The van der Waals surface area contributed by atoms with Gasteiger partial charge in [0.15, 0.2) is 5.75 Å². The van der Waals surface area contributed by atoms with Crippen molar-refractivity contribution < 1.29 is 19.1 Å². The number of benzene rings is 2. The van der Waals surface area contributed by atoms with Crippen molar-refractivity contribution in [1.29, 1.82) is 0 Å². The molecule has 5 nitrogen and oxygen atoms in total. The molecule has 1 saturated heterocycles. The molecule has 0 atom stereocenters. The zero-order valence-corrected chi connectivity index (χ0v) is 20.0. The van der Waals surface area contributed by atoms with Gasteiger partial charge in [-0.15, -0.1) is 0 Å². The number of carbonyl (C=O) groups is 2. The number of rotatable bonds is 7. The van der Waals surface area contributed by atoms with Gasteiger partial charge in [0.2, 0.25) is 0 Å². The van der Waals surface area contributed by atoms with Crippen LogP contribution in [0.4, 0.5) is 4.79 Å². The van der Waals surface area contributed by atoms with Crippen molar-refractivity contribution in [3.05, 3.63) is 62.0 Å². The first-order valence-corrected chi connectivity index (χ1v) is 11.3. The molecule has 164 valence electrons. The van der Waals surface area contributed by atoms with Gasteiger partial charge in [-0.25, -0.2) is 0 Å². The average Bonchev–Trinajstić information content (AvgIpc) is 2.95. The normalized spacial score (nSPS) is 15.3. The molecule has 0 bridgehead atoms. The molecule has 0 saturated carbocycles. The summed E-state index contributed by atoms with van der Waals surface area (Å²) in [6.45, 7) is 6.56. The van der Waals surface area contributed by atoms with Crippen molar-refractivity contribution in [3.63, 3.8) is 0 Å². The Kier molecular flexibility index (Phi) is 7.57. The van der Waals surface area contributed by atoms with Gasteiger partial charge in [-0.3, -0.25) is 14.5 Å². The minimum atomic E-state index is -0.366. The fraction of sp³-hybridized carbons (Fsp3) is 0.304. The Morgan fingerprint density at radius 3 is 2.42 bits per heavy atom. The number of aryl methyl sites for hydroxylation is 1. The Bertz CT molecular complexity index is 1030. The number of hydrogen-bond donors (Lipinski definition) is 0. The van der Waals surface area contributed by atoms with Crippen LogP contribution >= 0.6 is 35.0 Å². The molecule has 1 aliphatic heterocycles. The molecule has 1 heterocycles. The minimum absolute atomic E-state index is 0.164. The molecule has 8 heteroatoms. The number of methoxy groups -OCH3 is 1. The van der Waals surface area contributed by atoms with Crippen LogP contribution in [0.1, 0.15) is 36.5 Å². The lowest BCUT2D eigenvalue weighted by Gasteiger charge is -2.17. The van der Waals surface area contributed by atoms with Crippen molar-refractivity contribution in [1.82, 2.24) is 4.90 Å². The third-order valence-electron chi connectivity index (χ3n) is 4.76. The molecule has 0 unspecified atom stereocenters. The Morgan fingerprint density at radius 2 is 1.81 bits per heavy atom. The number of amides is 2. The van der Waals surface area contributed by atoms with Gasteiger partial charge in [0.25, 0.3) is 11.1 Å². The van der Waals surface area contributed by atoms with Gasteiger partial charge >= 0.3 is 0 Å². The van der Waals surface area contributed by atoms with Gasteiger partial charge in [-0.1, -0.05) is 49.2 Å². The van der Waals surface area contributed by atoms with Gasteiger partial charge in [0, 0.05) is 0 Å². The monoisotopic (exact) mass is 479 g/mol. The van der Waals surface area contributed by atoms with E-state index in [1.807, 2.05) is 25.1 Å². The Hall–Kier alpha value is -2.15. The molecular formula is C23H23Cl2NO4S. The number of halogens is 2. The van der Waals surface area contributed by atoms with E-state index in [9.17, 15) is 9.59 Å². The molecule has 0 aliphatic carbocycles. The van der Waals surface area contributed by atoms with Crippen molar-refractivity contribution >= 4 is 52.2 Å². The van der Waals surface area contributed by atoms with Crippen LogP contribution in [-0.2, 0) is 4.79 Å². The Balaban J connectivity index is 1.70. The number of carbonyl (C=O) groups excluding carboxylic acids is 2. The summed E-state index contributed by atoms with van der Waals surface area (Å²) in [6.07, 6.45) is 1.60. The topological polar surface area (TPSA) is 55.8 Å². The van der Waals surface area contributed by atoms with E-state index < -0.39 is 0 Å². The maximum Gasteiger partial charge on any atom is 0.293 e. The number of thioether (sulfide) groups is 1. The number of nitrogens with zero attached hydrogens (tertiary/aromatic N) is 1. The predicted octanol–water partition coefficient (Wildman–Crippen LogP) is 6.55. The lowest BCUT2D eigenvalue weighted by Crippen LogP contribution is -2.32. The van der Waals surface area contributed by atoms with Crippen LogP contribution in [0.3, 0.4) is 0 Å². The predicted molar refractivity (Wildman–Crippen MR) is 126 cm³/mol. The maximum atomic E-state index is 12.8. The van der Waals surface area contributed by atoms with Crippen LogP contribution in [-0.4, -0.2) is 36.3 Å². The highest BCUT2D eigenvalue weighted by Crippen LogP contribution is 2.37. The second-order valence-corrected chi connectivity index (χ2v) is 9.20. The maximum absolute atomic E-state index is 12.8. The summed E-state index contributed by atoms with van der Waals surface area (Å²) >= 11 is 13.2. The zero-order valence-electron chi connectivity index (χ0n) is 17.7. The van der Waals surface area contributed by atoms with E-state index in [0.29, 0.717) is 32.2 Å². The van der Waals surface area contributed by atoms with Crippen LogP contribution < -0.4 is 9.47 Å². The molecule has 0 aromatic heterocycles. The lowest BCUT2D eigenvalue weighted by atomic mass is 10.0. The first-order chi connectivity index (χ1) is 14.7. The molecular weight excluding hydrogens is 457 g/mol. The summed E-state index contributed by atoms with van der Waals surface area (Å²) < 4.78 is 11.1. The van der Waals surface area contributed by atoms with Gasteiger partial charge < -0.3 is 9.47 Å². The van der Waals surface area contributed by atoms with Crippen LogP contribution in [0.25, 0.3) is 6.08 Å². The summed E-state index contributed by atoms with van der Waals surface area (Å²) in [5.74, 6) is 1.08. The summed E-state index contributed by atoms with van der Waals surface area (Å²) in [6, 6.07) is 9.33. The molecule has 0 radical (unpaired) electrons.